The van der Waals surface area contributed by atoms with Crippen LogP contribution in [0.4, 0.5) is 0 Å². The predicted molar refractivity (Wildman–Crippen MR) is 133 cm³/mol. The lowest BCUT2D eigenvalue weighted by atomic mass is 9.78. The average Bonchev–Trinajstić information content (AvgIpc) is 3.32. The highest BCUT2D eigenvalue weighted by Crippen LogP contribution is 2.35. The summed E-state index contributed by atoms with van der Waals surface area (Å²) in [5, 5.41) is 6.22. The number of nitrogens with zero attached hydrogens (tertiary/aromatic N) is 1. The summed E-state index contributed by atoms with van der Waals surface area (Å²) in [5.41, 5.74) is 8.01. The number of rotatable bonds is 5. The third-order valence-corrected chi connectivity index (χ3v) is 8.89. The zero-order valence-corrected chi connectivity index (χ0v) is 20.5. The van der Waals surface area contributed by atoms with Crippen LogP contribution in [0.3, 0.4) is 0 Å². The summed E-state index contributed by atoms with van der Waals surface area (Å²) in [6.07, 6.45) is 9.84. The van der Waals surface area contributed by atoms with Crippen molar-refractivity contribution >= 4 is 11.8 Å². The van der Waals surface area contributed by atoms with Crippen LogP contribution in [0.25, 0.3) is 0 Å². The van der Waals surface area contributed by atoms with E-state index < -0.39 is 0 Å². The molecule has 2 saturated heterocycles. The van der Waals surface area contributed by atoms with Crippen molar-refractivity contribution in [2.75, 3.05) is 20.1 Å². The SMILES string of the molecule is CNC(=O)C1NNC2CC(N3CCCC(C(=O)NC4CCC[C@@H](c5ccccc5)C4)C3)CCC21. The van der Waals surface area contributed by atoms with Gasteiger partial charge in [0.25, 0.3) is 0 Å². The van der Waals surface area contributed by atoms with Crippen LogP contribution in [0.15, 0.2) is 30.3 Å². The van der Waals surface area contributed by atoms with Crippen molar-refractivity contribution in [3.05, 3.63) is 35.9 Å². The Bertz CT molecular complexity index is 849. The lowest BCUT2D eigenvalue weighted by Crippen LogP contribution is -2.52. The van der Waals surface area contributed by atoms with Gasteiger partial charge in [0, 0.05) is 37.6 Å². The number of fused-ring (bicyclic) bond motifs is 1. The number of likely N-dealkylation sites (N-methyl/N-ethyl adjacent to an activating group) is 1. The van der Waals surface area contributed by atoms with E-state index in [1.165, 1.54) is 18.4 Å². The molecule has 186 valence electrons. The highest BCUT2D eigenvalue weighted by atomic mass is 16.2. The van der Waals surface area contributed by atoms with Crippen molar-refractivity contribution < 1.29 is 9.59 Å². The van der Waals surface area contributed by atoms with Gasteiger partial charge in [0.2, 0.25) is 11.8 Å². The van der Waals surface area contributed by atoms with Gasteiger partial charge in [-0.05, 0) is 69.4 Å². The molecule has 7 atom stereocenters. The van der Waals surface area contributed by atoms with Gasteiger partial charge in [-0.15, -0.1) is 0 Å². The minimum Gasteiger partial charge on any atom is -0.358 e. The maximum absolute atomic E-state index is 13.3. The largest absolute Gasteiger partial charge is 0.358 e. The Kier molecular flexibility index (Phi) is 7.52. The second kappa shape index (κ2) is 10.8. The fourth-order valence-corrected chi connectivity index (χ4v) is 7.01. The Morgan fingerprint density at radius 3 is 2.62 bits per heavy atom. The molecule has 2 aliphatic heterocycles. The Morgan fingerprint density at radius 2 is 1.79 bits per heavy atom. The highest BCUT2D eigenvalue weighted by molar-refractivity contribution is 5.82. The van der Waals surface area contributed by atoms with E-state index in [-0.39, 0.29) is 23.8 Å². The second-order valence-corrected chi connectivity index (χ2v) is 10.9. The van der Waals surface area contributed by atoms with Gasteiger partial charge in [0.15, 0.2) is 0 Å². The first-order valence-corrected chi connectivity index (χ1v) is 13.4. The van der Waals surface area contributed by atoms with Gasteiger partial charge in [0.05, 0.1) is 5.92 Å². The molecule has 1 aromatic rings. The number of benzene rings is 1. The smallest absolute Gasteiger partial charge is 0.238 e. The molecule has 2 saturated carbocycles. The molecule has 7 heteroatoms. The van der Waals surface area contributed by atoms with E-state index in [0.717, 1.165) is 58.0 Å². The fraction of sp³-hybridized carbons (Fsp3) is 0.704. The quantitative estimate of drug-likeness (QED) is 0.534. The first-order valence-electron chi connectivity index (χ1n) is 13.4. The lowest BCUT2D eigenvalue weighted by Gasteiger charge is -2.43. The molecular formula is C27H41N5O2. The van der Waals surface area contributed by atoms with Crippen molar-refractivity contribution in [2.24, 2.45) is 11.8 Å². The standard InChI is InChI=1S/C27H41N5O2/c1-28-27(34)25-23-13-12-22(16-24(23)30-31-25)32-14-6-10-20(17-32)26(33)29-21-11-5-9-19(15-21)18-7-3-2-4-8-18/h2-4,7-8,19-25,30-31H,5-6,9-17H2,1H3,(H,28,34)(H,29,33)/t19-,20?,21?,22?,23?,24?,25?/m1/s1. The highest BCUT2D eigenvalue weighted by Gasteiger charge is 2.45. The molecule has 1 aromatic carbocycles. The van der Waals surface area contributed by atoms with Crippen LogP contribution >= 0.6 is 0 Å². The number of hydrogen-bond donors (Lipinski definition) is 4. The second-order valence-electron chi connectivity index (χ2n) is 10.9. The zero-order valence-electron chi connectivity index (χ0n) is 20.5. The van der Waals surface area contributed by atoms with E-state index in [2.05, 4.69) is 56.7 Å². The van der Waals surface area contributed by atoms with Crippen LogP contribution in [0, 0.1) is 11.8 Å². The predicted octanol–water partition coefficient (Wildman–Crippen LogP) is 2.30. The molecule has 0 aromatic heterocycles. The number of carbonyl (C=O) groups is 2. The molecule has 5 rings (SSSR count). The molecule has 4 aliphatic rings. The van der Waals surface area contributed by atoms with Gasteiger partial charge in [-0.2, -0.15) is 0 Å². The Labute approximate surface area is 203 Å². The van der Waals surface area contributed by atoms with Crippen LogP contribution < -0.4 is 21.5 Å². The molecule has 34 heavy (non-hydrogen) atoms. The van der Waals surface area contributed by atoms with E-state index in [1.54, 1.807) is 7.05 Å². The molecular weight excluding hydrogens is 426 g/mol. The van der Waals surface area contributed by atoms with Crippen molar-refractivity contribution in [3.8, 4) is 0 Å². The molecule has 0 spiro atoms. The van der Waals surface area contributed by atoms with Crippen LogP contribution in [-0.4, -0.2) is 61.0 Å². The molecule has 0 radical (unpaired) electrons. The molecule has 4 fully saturated rings. The van der Waals surface area contributed by atoms with Gasteiger partial charge < -0.3 is 10.6 Å². The number of amides is 2. The number of piperidine rings is 1. The Balaban J connectivity index is 1.13. The van der Waals surface area contributed by atoms with E-state index in [1.807, 2.05) is 0 Å². The van der Waals surface area contributed by atoms with Crippen molar-refractivity contribution in [3.63, 3.8) is 0 Å². The minimum absolute atomic E-state index is 0.0744. The Morgan fingerprint density at radius 1 is 0.941 bits per heavy atom. The number of carbonyl (C=O) groups excluding carboxylic acids is 2. The van der Waals surface area contributed by atoms with Gasteiger partial charge >= 0.3 is 0 Å². The first kappa shape index (κ1) is 23.8. The molecule has 6 unspecified atom stereocenters. The molecule has 2 aliphatic carbocycles. The van der Waals surface area contributed by atoms with Gasteiger partial charge in [0.1, 0.15) is 6.04 Å². The van der Waals surface area contributed by atoms with E-state index in [4.69, 9.17) is 0 Å². The summed E-state index contributed by atoms with van der Waals surface area (Å²) in [6.45, 7) is 1.95. The van der Waals surface area contributed by atoms with Gasteiger partial charge in [-0.3, -0.25) is 19.9 Å². The number of hydrazine groups is 1. The van der Waals surface area contributed by atoms with Crippen LogP contribution in [0.1, 0.15) is 69.3 Å². The van der Waals surface area contributed by atoms with E-state index in [9.17, 15) is 9.59 Å². The monoisotopic (exact) mass is 467 g/mol. The Hall–Kier alpha value is -1.96. The average molecular weight is 468 g/mol. The number of nitrogens with one attached hydrogen (secondary N) is 4. The van der Waals surface area contributed by atoms with Crippen LogP contribution in [0.2, 0.25) is 0 Å². The summed E-state index contributed by atoms with van der Waals surface area (Å²) in [6, 6.07) is 11.8. The topological polar surface area (TPSA) is 85.5 Å². The van der Waals surface area contributed by atoms with Crippen molar-refractivity contribution in [1.29, 1.82) is 0 Å². The summed E-state index contributed by atoms with van der Waals surface area (Å²) in [7, 11) is 1.71. The maximum Gasteiger partial charge on any atom is 0.238 e. The molecule has 7 nitrogen and oxygen atoms in total. The summed E-state index contributed by atoms with van der Waals surface area (Å²) < 4.78 is 0. The van der Waals surface area contributed by atoms with E-state index in [0.29, 0.717) is 30.0 Å². The number of likely N-dealkylation sites (tertiary alicyclic amines) is 1. The maximum atomic E-state index is 13.3. The van der Waals surface area contributed by atoms with Gasteiger partial charge in [-0.25, -0.2) is 5.43 Å². The fourth-order valence-electron chi connectivity index (χ4n) is 7.01. The summed E-state index contributed by atoms with van der Waals surface area (Å²) >= 11 is 0. The molecule has 4 N–H and O–H groups in total. The zero-order chi connectivity index (χ0) is 23.5. The number of hydrogen-bond acceptors (Lipinski definition) is 5. The third-order valence-electron chi connectivity index (χ3n) is 8.89. The van der Waals surface area contributed by atoms with Crippen molar-refractivity contribution in [2.45, 2.75) is 87.9 Å². The van der Waals surface area contributed by atoms with Gasteiger partial charge in [-0.1, -0.05) is 36.8 Å². The lowest BCUT2D eigenvalue weighted by molar-refractivity contribution is -0.128. The summed E-state index contributed by atoms with van der Waals surface area (Å²) in [5.74, 6) is 1.34. The summed E-state index contributed by atoms with van der Waals surface area (Å²) in [4.78, 5) is 28.0. The minimum atomic E-state index is -0.133. The van der Waals surface area contributed by atoms with Crippen LogP contribution in [-0.2, 0) is 9.59 Å². The first-order chi connectivity index (χ1) is 16.6. The molecule has 0 bridgehead atoms. The molecule has 2 amide bonds. The third kappa shape index (κ3) is 5.16. The van der Waals surface area contributed by atoms with Crippen molar-refractivity contribution in [1.82, 2.24) is 26.4 Å². The molecule has 2 heterocycles. The van der Waals surface area contributed by atoms with E-state index >= 15 is 0 Å². The normalized spacial score (nSPS) is 36.4. The van der Waals surface area contributed by atoms with Crippen LogP contribution in [0.5, 0.6) is 0 Å².